The molecule has 0 saturated heterocycles. The first-order valence-corrected chi connectivity index (χ1v) is 6.29. The van der Waals surface area contributed by atoms with Gasteiger partial charge in [-0.25, -0.2) is 4.39 Å². The number of rotatable bonds is 7. The van der Waals surface area contributed by atoms with Crippen molar-refractivity contribution in [2.45, 2.75) is 38.8 Å². The number of halogens is 1. The molecule has 1 atom stereocenters. The standard InChI is InChI=1S/C12H15FO2S/c1-2-3-4-6-9(14)12(15)11(13)10-7-5-8-16-10/h5,7-8,11H,2-4,6H2,1H3. The van der Waals surface area contributed by atoms with Gasteiger partial charge in [0.05, 0.1) is 0 Å². The maximum atomic E-state index is 13.6. The second kappa shape index (κ2) is 6.53. The molecule has 0 N–H and O–H groups in total. The molecule has 1 rings (SSSR count). The first-order chi connectivity index (χ1) is 7.66. The molecule has 0 radical (unpaired) electrons. The van der Waals surface area contributed by atoms with Gasteiger partial charge >= 0.3 is 0 Å². The fourth-order valence-corrected chi connectivity index (χ4v) is 2.06. The molecule has 1 unspecified atom stereocenters. The zero-order chi connectivity index (χ0) is 12.0. The number of Topliss-reactive ketones (excluding diaryl/α,β-unsaturated/α-hetero) is 2. The van der Waals surface area contributed by atoms with Crippen LogP contribution in [0.1, 0.15) is 43.7 Å². The number of hydrogen-bond acceptors (Lipinski definition) is 3. The van der Waals surface area contributed by atoms with E-state index in [9.17, 15) is 14.0 Å². The maximum absolute atomic E-state index is 13.6. The topological polar surface area (TPSA) is 34.1 Å². The fraction of sp³-hybridized carbons (Fsp3) is 0.500. The van der Waals surface area contributed by atoms with E-state index >= 15 is 0 Å². The lowest BCUT2D eigenvalue weighted by atomic mass is 10.1. The Morgan fingerprint density at radius 3 is 2.75 bits per heavy atom. The minimum absolute atomic E-state index is 0.165. The van der Waals surface area contributed by atoms with E-state index in [0.29, 0.717) is 11.3 Å². The molecule has 0 aliphatic rings. The SMILES string of the molecule is CCCCCC(=O)C(=O)C(F)c1cccs1. The van der Waals surface area contributed by atoms with Gasteiger partial charge in [0.25, 0.3) is 0 Å². The third-order valence-corrected chi connectivity index (χ3v) is 3.21. The third kappa shape index (κ3) is 3.52. The summed E-state index contributed by atoms with van der Waals surface area (Å²) in [7, 11) is 0. The Kier molecular flexibility index (Phi) is 5.32. The Bertz CT molecular complexity index is 346. The molecule has 0 amide bonds. The van der Waals surface area contributed by atoms with Crippen LogP contribution in [-0.2, 0) is 9.59 Å². The van der Waals surface area contributed by atoms with Gasteiger partial charge in [0.2, 0.25) is 11.6 Å². The summed E-state index contributed by atoms with van der Waals surface area (Å²) in [4.78, 5) is 23.1. The van der Waals surface area contributed by atoms with Crippen molar-refractivity contribution in [2.75, 3.05) is 0 Å². The first-order valence-electron chi connectivity index (χ1n) is 5.41. The predicted molar refractivity (Wildman–Crippen MR) is 62.3 cm³/mol. The van der Waals surface area contributed by atoms with Crippen molar-refractivity contribution in [3.05, 3.63) is 22.4 Å². The van der Waals surface area contributed by atoms with Gasteiger partial charge in [0, 0.05) is 11.3 Å². The average Bonchev–Trinajstić information content (AvgIpc) is 2.80. The number of unbranched alkanes of at least 4 members (excludes halogenated alkanes) is 2. The second-order valence-electron chi connectivity index (χ2n) is 3.62. The quantitative estimate of drug-likeness (QED) is 0.542. The van der Waals surface area contributed by atoms with E-state index in [-0.39, 0.29) is 6.42 Å². The number of carbonyl (C=O) groups is 2. The van der Waals surface area contributed by atoms with Crippen molar-refractivity contribution in [2.24, 2.45) is 0 Å². The molecule has 0 aliphatic carbocycles. The van der Waals surface area contributed by atoms with Crippen molar-refractivity contribution in [1.82, 2.24) is 0 Å². The van der Waals surface area contributed by atoms with Gasteiger partial charge in [-0.15, -0.1) is 11.3 Å². The fourth-order valence-electron chi connectivity index (χ4n) is 1.36. The minimum atomic E-state index is -1.77. The van der Waals surface area contributed by atoms with Gasteiger partial charge in [0.15, 0.2) is 6.17 Å². The van der Waals surface area contributed by atoms with E-state index in [2.05, 4.69) is 0 Å². The Hall–Kier alpha value is -1.03. The summed E-state index contributed by atoms with van der Waals surface area (Å²) in [6.07, 6.45) is 0.936. The van der Waals surface area contributed by atoms with Crippen molar-refractivity contribution in [1.29, 1.82) is 0 Å². The monoisotopic (exact) mass is 242 g/mol. The molecule has 2 nitrogen and oxygen atoms in total. The molecule has 1 heterocycles. The zero-order valence-corrected chi connectivity index (χ0v) is 10.1. The van der Waals surface area contributed by atoms with Crippen LogP contribution < -0.4 is 0 Å². The van der Waals surface area contributed by atoms with Gasteiger partial charge in [-0.1, -0.05) is 25.8 Å². The molecule has 0 saturated carbocycles. The van der Waals surface area contributed by atoms with E-state index in [0.717, 1.165) is 24.2 Å². The van der Waals surface area contributed by atoms with Crippen LogP contribution in [0.5, 0.6) is 0 Å². The Morgan fingerprint density at radius 1 is 1.44 bits per heavy atom. The number of hydrogen-bond donors (Lipinski definition) is 0. The largest absolute Gasteiger partial charge is 0.291 e. The Labute approximate surface area is 98.5 Å². The Morgan fingerprint density at radius 2 is 2.19 bits per heavy atom. The predicted octanol–water partition coefficient (Wildman–Crippen LogP) is 3.48. The number of ketones is 2. The van der Waals surface area contributed by atoms with Crippen LogP contribution in [0.15, 0.2) is 17.5 Å². The van der Waals surface area contributed by atoms with E-state index in [4.69, 9.17) is 0 Å². The molecule has 0 aliphatic heterocycles. The number of thiophene rings is 1. The molecular formula is C12H15FO2S. The van der Waals surface area contributed by atoms with Crippen LogP contribution in [0.25, 0.3) is 0 Å². The molecule has 1 aromatic heterocycles. The highest BCUT2D eigenvalue weighted by Crippen LogP contribution is 2.24. The zero-order valence-electron chi connectivity index (χ0n) is 9.24. The van der Waals surface area contributed by atoms with E-state index in [1.807, 2.05) is 6.92 Å². The lowest BCUT2D eigenvalue weighted by molar-refractivity contribution is -0.139. The van der Waals surface area contributed by atoms with Crippen LogP contribution in [0.3, 0.4) is 0 Å². The van der Waals surface area contributed by atoms with Crippen molar-refractivity contribution in [3.8, 4) is 0 Å². The molecule has 1 aromatic rings. The molecule has 0 bridgehead atoms. The highest BCUT2D eigenvalue weighted by atomic mass is 32.1. The number of carbonyl (C=O) groups excluding carboxylic acids is 2. The van der Waals surface area contributed by atoms with Gasteiger partial charge in [0.1, 0.15) is 0 Å². The normalized spacial score (nSPS) is 12.4. The van der Waals surface area contributed by atoms with E-state index in [1.165, 1.54) is 6.07 Å². The van der Waals surface area contributed by atoms with Gasteiger partial charge in [-0.2, -0.15) is 0 Å². The van der Waals surface area contributed by atoms with Crippen LogP contribution in [0.2, 0.25) is 0 Å². The van der Waals surface area contributed by atoms with Crippen molar-refractivity contribution in [3.63, 3.8) is 0 Å². The highest BCUT2D eigenvalue weighted by molar-refractivity contribution is 7.10. The van der Waals surface area contributed by atoms with E-state index in [1.54, 1.807) is 11.4 Å². The first kappa shape index (κ1) is 13.0. The molecule has 0 spiro atoms. The lowest BCUT2D eigenvalue weighted by Crippen LogP contribution is -2.18. The summed E-state index contributed by atoms with van der Waals surface area (Å²) >= 11 is 1.16. The summed E-state index contributed by atoms with van der Waals surface area (Å²) in [6.45, 7) is 2.01. The van der Waals surface area contributed by atoms with Gasteiger partial charge in [-0.05, 0) is 17.9 Å². The second-order valence-corrected chi connectivity index (χ2v) is 4.60. The molecule has 16 heavy (non-hydrogen) atoms. The summed E-state index contributed by atoms with van der Waals surface area (Å²) in [5.74, 6) is -1.49. The number of alkyl halides is 1. The summed E-state index contributed by atoms with van der Waals surface area (Å²) in [5.41, 5.74) is 0. The molecule has 88 valence electrons. The van der Waals surface area contributed by atoms with Crippen LogP contribution >= 0.6 is 11.3 Å². The van der Waals surface area contributed by atoms with Crippen LogP contribution in [-0.4, -0.2) is 11.6 Å². The molecule has 0 aromatic carbocycles. The lowest BCUT2D eigenvalue weighted by Gasteiger charge is -2.03. The van der Waals surface area contributed by atoms with Crippen molar-refractivity contribution < 1.29 is 14.0 Å². The molecule has 4 heteroatoms. The minimum Gasteiger partial charge on any atom is -0.291 e. The smallest absolute Gasteiger partial charge is 0.237 e. The average molecular weight is 242 g/mol. The highest BCUT2D eigenvalue weighted by Gasteiger charge is 2.26. The van der Waals surface area contributed by atoms with Crippen LogP contribution in [0.4, 0.5) is 4.39 Å². The van der Waals surface area contributed by atoms with E-state index < -0.39 is 17.7 Å². The molecule has 0 fully saturated rings. The molecular weight excluding hydrogens is 227 g/mol. The van der Waals surface area contributed by atoms with Crippen LogP contribution in [0, 0.1) is 0 Å². The Balaban J connectivity index is 2.47. The summed E-state index contributed by atoms with van der Waals surface area (Å²) in [6, 6.07) is 3.20. The third-order valence-electron chi connectivity index (χ3n) is 2.31. The van der Waals surface area contributed by atoms with Gasteiger partial charge < -0.3 is 0 Å². The summed E-state index contributed by atoms with van der Waals surface area (Å²) < 4.78 is 13.6. The van der Waals surface area contributed by atoms with Gasteiger partial charge in [-0.3, -0.25) is 9.59 Å². The maximum Gasteiger partial charge on any atom is 0.237 e. The van der Waals surface area contributed by atoms with Crippen molar-refractivity contribution >= 4 is 22.9 Å². The summed E-state index contributed by atoms with van der Waals surface area (Å²) in [5, 5.41) is 1.69.